The number of hydrogen-bond acceptors (Lipinski definition) is 3. The molecule has 1 atom stereocenters. The van der Waals surface area contributed by atoms with E-state index in [0.717, 1.165) is 0 Å². The maximum atomic E-state index is 14.2. The number of nitrogens with two attached hydrogens (primary N) is 1. The van der Waals surface area contributed by atoms with Crippen molar-refractivity contribution in [3.63, 3.8) is 0 Å². The molecular formula is C15H23FN2O. The van der Waals surface area contributed by atoms with Gasteiger partial charge in [-0.1, -0.05) is 33.8 Å². The van der Waals surface area contributed by atoms with Crippen LogP contribution in [-0.4, -0.2) is 7.11 Å². The van der Waals surface area contributed by atoms with E-state index in [1.54, 1.807) is 12.1 Å². The van der Waals surface area contributed by atoms with E-state index in [-0.39, 0.29) is 22.7 Å². The van der Waals surface area contributed by atoms with Crippen LogP contribution in [0.25, 0.3) is 0 Å². The number of hydrazine groups is 1. The van der Waals surface area contributed by atoms with Gasteiger partial charge >= 0.3 is 0 Å². The Hall–Kier alpha value is -1.13. The smallest absolute Gasteiger partial charge is 0.131 e. The first-order valence-electron chi connectivity index (χ1n) is 6.57. The van der Waals surface area contributed by atoms with Crippen LogP contribution in [0.15, 0.2) is 18.2 Å². The molecule has 0 aliphatic heterocycles. The number of ether oxygens (including phenoxy) is 1. The molecule has 3 N–H and O–H groups in total. The highest BCUT2D eigenvalue weighted by Gasteiger charge is 2.67. The van der Waals surface area contributed by atoms with Crippen molar-refractivity contribution in [3.05, 3.63) is 29.6 Å². The van der Waals surface area contributed by atoms with E-state index in [2.05, 4.69) is 33.1 Å². The first kappa shape index (κ1) is 14.3. The topological polar surface area (TPSA) is 47.3 Å². The molecule has 0 saturated heterocycles. The highest BCUT2D eigenvalue weighted by molar-refractivity contribution is 5.34. The van der Waals surface area contributed by atoms with Gasteiger partial charge in [0.1, 0.15) is 11.6 Å². The SMILES string of the molecule is COc1ccc(C(NN)C2C(C)(C)C2(C)C)c(F)c1. The lowest BCUT2D eigenvalue weighted by molar-refractivity contribution is 0.393. The number of methoxy groups -OCH3 is 1. The summed E-state index contributed by atoms with van der Waals surface area (Å²) in [5.74, 6) is 6.22. The third-order valence-electron chi connectivity index (χ3n) is 5.19. The molecule has 1 aromatic carbocycles. The summed E-state index contributed by atoms with van der Waals surface area (Å²) in [6.45, 7) is 8.79. The quantitative estimate of drug-likeness (QED) is 0.650. The lowest BCUT2D eigenvalue weighted by atomic mass is 9.96. The first-order valence-corrected chi connectivity index (χ1v) is 6.57. The Bertz CT molecular complexity index is 471. The van der Waals surface area contributed by atoms with Gasteiger partial charge in [-0.05, 0) is 22.8 Å². The molecule has 0 bridgehead atoms. The van der Waals surface area contributed by atoms with Crippen LogP contribution in [0.3, 0.4) is 0 Å². The van der Waals surface area contributed by atoms with E-state index in [0.29, 0.717) is 17.2 Å². The molecule has 0 radical (unpaired) electrons. The predicted molar refractivity (Wildman–Crippen MR) is 74.1 cm³/mol. The maximum Gasteiger partial charge on any atom is 0.131 e. The second-order valence-electron chi connectivity index (χ2n) is 6.45. The lowest BCUT2D eigenvalue weighted by Crippen LogP contribution is -2.32. The fourth-order valence-electron chi connectivity index (χ4n) is 3.33. The monoisotopic (exact) mass is 266 g/mol. The first-order chi connectivity index (χ1) is 8.77. The van der Waals surface area contributed by atoms with Gasteiger partial charge in [-0.2, -0.15) is 0 Å². The van der Waals surface area contributed by atoms with Crippen LogP contribution in [0.4, 0.5) is 4.39 Å². The summed E-state index contributed by atoms with van der Waals surface area (Å²) >= 11 is 0. The van der Waals surface area contributed by atoms with Crippen molar-refractivity contribution in [1.82, 2.24) is 5.43 Å². The standard InChI is InChI=1S/C15H23FN2O/c1-14(2)13(15(14,3)4)12(18-17)10-7-6-9(19-5)8-11(10)16/h6-8,12-13,18H,17H2,1-5H3. The average molecular weight is 266 g/mol. The van der Waals surface area contributed by atoms with Crippen molar-refractivity contribution < 1.29 is 9.13 Å². The molecule has 4 heteroatoms. The molecule has 1 aromatic rings. The minimum Gasteiger partial charge on any atom is -0.497 e. The van der Waals surface area contributed by atoms with Crippen LogP contribution in [-0.2, 0) is 0 Å². The number of benzene rings is 1. The van der Waals surface area contributed by atoms with Crippen molar-refractivity contribution in [3.8, 4) is 5.75 Å². The minimum absolute atomic E-state index is 0.135. The molecule has 1 aliphatic carbocycles. The molecule has 1 fully saturated rings. The Morgan fingerprint density at radius 1 is 1.26 bits per heavy atom. The second kappa shape index (κ2) is 4.46. The van der Waals surface area contributed by atoms with Crippen LogP contribution in [0.1, 0.15) is 39.3 Å². The Balaban J connectivity index is 2.35. The van der Waals surface area contributed by atoms with Gasteiger partial charge in [0.15, 0.2) is 0 Å². The van der Waals surface area contributed by atoms with Crippen molar-refractivity contribution in [2.45, 2.75) is 33.7 Å². The summed E-state index contributed by atoms with van der Waals surface area (Å²) in [5.41, 5.74) is 3.66. The van der Waals surface area contributed by atoms with Gasteiger partial charge < -0.3 is 4.74 Å². The van der Waals surface area contributed by atoms with Gasteiger partial charge in [0.25, 0.3) is 0 Å². The van der Waals surface area contributed by atoms with Crippen LogP contribution >= 0.6 is 0 Å². The van der Waals surface area contributed by atoms with E-state index < -0.39 is 0 Å². The van der Waals surface area contributed by atoms with Crippen molar-refractivity contribution in [2.75, 3.05) is 7.11 Å². The summed E-state index contributed by atoms with van der Waals surface area (Å²) in [7, 11) is 1.53. The van der Waals surface area contributed by atoms with Gasteiger partial charge in [0.2, 0.25) is 0 Å². The van der Waals surface area contributed by atoms with Crippen molar-refractivity contribution in [2.24, 2.45) is 22.6 Å². The van der Waals surface area contributed by atoms with Crippen molar-refractivity contribution in [1.29, 1.82) is 0 Å². The zero-order chi connectivity index (χ0) is 14.4. The predicted octanol–water partition coefficient (Wildman–Crippen LogP) is 3.02. The summed E-state index contributed by atoms with van der Waals surface area (Å²) in [6, 6.07) is 4.74. The van der Waals surface area contributed by atoms with E-state index in [9.17, 15) is 4.39 Å². The largest absolute Gasteiger partial charge is 0.497 e. The van der Waals surface area contributed by atoms with E-state index in [4.69, 9.17) is 10.6 Å². The van der Waals surface area contributed by atoms with Crippen LogP contribution in [0.5, 0.6) is 5.75 Å². The molecule has 2 rings (SSSR count). The summed E-state index contributed by atoms with van der Waals surface area (Å²) in [4.78, 5) is 0. The summed E-state index contributed by atoms with van der Waals surface area (Å²) < 4.78 is 19.2. The fraction of sp³-hybridized carbons (Fsp3) is 0.600. The van der Waals surface area contributed by atoms with E-state index in [1.807, 2.05) is 0 Å². The molecule has 1 saturated carbocycles. The molecule has 19 heavy (non-hydrogen) atoms. The molecule has 0 aromatic heterocycles. The Morgan fingerprint density at radius 2 is 1.84 bits per heavy atom. The highest BCUT2D eigenvalue weighted by atomic mass is 19.1. The zero-order valence-corrected chi connectivity index (χ0v) is 12.3. The molecule has 0 heterocycles. The second-order valence-corrected chi connectivity index (χ2v) is 6.45. The highest BCUT2D eigenvalue weighted by Crippen LogP contribution is 2.72. The number of hydrogen-bond donors (Lipinski definition) is 2. The molecular weight excluding hydrogens is 243 g/mol. The molecule has 0 spiro atoms. The van der Waals surface area contributed by atoms with Crippen LogP contribution < -0.4 is 16.0 Å². The number of nitrogens with one attached hydrogen (secondary N) is 1. The molecule has 0 amide bonds. The van der Waals surface area contributed by atoms with Gasteiger partial charge in [0, 0.05) is 11.6 Å². The molecule has 1 aliphatic rings. The molecule has 106 valence electrons. The molecule has 1 unspecified atom stereocenters. The van der Waals surface area contributed by atoms with Crippen LogP contribution in [0.2, 0.25) is 0 Å². The molecule has 3 nitrogen and oxygen atoms in total. The maximum absolute atomic E-state index is 14.2. The Kier molecular flexibility index (Phi) is 3.35. The summed E-state index contributed by atoms with van der Waals surface area (Å²) in [6.07, 6.45) is 0. The number of rotatable bonds is 4. The lowest BCUT2D eigenvalue weighted by Gasteiger charge is -2.19. The minimum atomic E-state index is -0.277. The van der Waals surface area contributed by atoms with Crippen molar-refractivity contribution >= 4 is 0 Å². The van der Waals surface area contributed by atoms with Gasteiger partial charge in [0.05, 0.1) is 13.2 Å². The zero-order valence-electron chi connectivity index (χ0n) is 12.3. The number of halogens is 1. The van der Waals surface area contributed by atoms with E-state index >= 15 is 0 Å². The van der Waals surface area contributed by atoms with Crippen LogP contribution in [0, 0.1) is 22.6 Å². The van der Waals surface area contributed by atoms with Gasteiger partial charge in [-0.15, -0.1) is 0 Å². The average Bonchev–Trinajstić information content (AvgIpc) is 2.74. The normalized spacial score (nSPS) is 22.1. The summed E-state index contributed by atoms with van der Waals surface area (Å²) in [5, 5.41) is 0. The van der Waals surface area contributed by atoms with Gasteiger partial charge in [-0.3, -0.25) is 11.3 Å². The third kappa shape index (κ3) is 2.03. The third-order valence-corrected chi connectivity index (χ3v) is 5.19. The Morgan fingerprint density at radius 3 is 2.21 bits per heavy atom. The van der Waals surface area contributed by atoms with Gasteiger partial charge in [-0.25, -0.2) is 4.39 Å². The fourth-order valence-corrected chi connectivity index (χ4v) is 3.33. The Labute approximate surface area is 114 Å². The van der Waals surface area contributed by atoms with E-state index in [1.165, 1.54) is 13.2 Å².